The van der Waals surface area contributed by atoms with Crippen LogP contribution in [0.25, 0.3) is 0 Å². The van der Waals surface area contributed by atoms with Gasteiger partial charge in [-0.25, -0.2) is 4.98 Å². The number of hydrogen-bond acceptors (Lipinski definition) is 5. The minimum Gasteiger partial charge on any atom is -0.480 e. The van der Waals surface area contributed by atoms with Crippen LogP contribution in [0.5, 0.6) is 5.88 Å². The largest absolute Gasteiger partial charge is 0.480 e. The highest BCUT2D eigenvalue weighted by atomic mass is 16.5. The third-order valence-electron chi connectivity index (χ3n) is 4.17. The summed E-state index contributed by atoms with van der Waals surface area (Å²) >= 11 is 0. The van der Waals surface area contributed by atoms with Gasteiger partial charge in [0.1, 0.15) is 5.56 Å². The van der Waals surface area contributed by atoms with Gasteiger partial charge in [0.25, 0.3) is 5.91 Å². The first-order chi connectivity index (χ1) is 11.1. The molecule has 6 heteroatoms. The zero-order chi connectivity index (χ0) is 16.4. The van der Waals surface area contributed by atoms with Crippen LogP contribution in [0, 0.1) is 0 Å². The number of methoxy groups -OCH3 is 1. The zero-order valence-electron chi connectivity index (χ0n) is 13.7. The lowest BCUT2D eigenvalue weighted by molar-refractivity contribution is 0.0930. The fourth-order valence-electron chi connectivity index (χ4n) is 2.82. The molecule has 0 radical (unpaired) electrons. The van der Waals surface area contributed by atoms with Crippen LogP contribution in [0.15, 0.2) is 16.7 Å². The minimum absolute atomic E-state index is 0.217. The topological polar surface area (TPSA) is 77.2 Å². The lowest BCUT2D eigenvalue weighted by atomic mass is 10.1. The molecule has 122 valence electrons. The number of pyridine rings is 1. The second-order valence-corrected chi connectivity index (χ2v) is 5.77. The Morgan fingerprint density at radius 2 is 2.26 bits per heavy atom. The first-order valence-electron chi connectivity index (χ1n) is 7.95. The lowest BCUT2D eigenvalue weighted by Gasteiger charge is -2.13. The Labute approximate surface area is 135 Å². The van der Waals surface area contributed by atoms with E-state index in [1.807, 2.05) is 26.0 Å². The van der Waals surface area contributed by atoms with Crippen molar-refractivity contribution in [2.24, 2.45) is 0 Å². The highest BCUT2D eigenvalue weighted by Gasteiger charge is 2.23. The molecule has 0 fully saturated rings. The minimum atomic E-state index is -0.270. The van der Waals surface area contributed by atoms with Gasteiger partial charge in [0.05, 0.1) is 18.8 Å². The molecule has 2 aromatic heterocycles. The first kappa shape index (κ1) is 15.5. The average Bonchev–Trinajstić information content (AvgIpc) is 3.21. The van der Waals surface area contributed by atoms with Gasteiger partial charge in [-0.05, 0) is 44.2 Å². The summed E-state index contributed by atoms with van der Waals surface area (Å²) in [6.45, 7) is 3.87. The summed E-state index contributed by atoms with van der Waals surface area (Å²) in [5.41, 5.74) is 3.51. The second kappa shape index (κ2) is 6.40. The monoisotopic (exact) mass is 315 g/mol. The van der Waals surface area contributed by atoms with E-state index in [4.69, 9.17) is 9.26 Å². The molecule has 0 aliphatic heterocycles. The summed E-state index contributed by atoms with van der Waals surface area (Å²) in [5, 5.41) is 6.88. The number of amides is 1. The fourth-order valence-corrected chi connectivity index (χ4v) is 2.82. The van der Waals surface area contributed by atoms with Crippen LogP contribution < -0.4 is 10.1 Å². The van der Waals surface area contributed by atoms with Crippen molar-refractivity contribution in [3.8, 4) is 5.88 Å². The van der Waals surface area contributed by atoms with Crippen molar-refractivity contribution in [3.05, 3.63) is 40.4 Å². The molecule has 1 aliphatic carbocycles. The molecule has 6 nitrogen and oxygen atoms in total. The van der Waals surface area contributed by atoms with Crippen molar-refractivity contribution < 1.29 is 14.1 Å². The van der Waals surface area contributed by atoms with E-state index in [0.29, 0.717) is 17.2 Å². The van der Waals surface area contributed by atoms with Gasteiger partial charge < -0.3 is 14.6 Å². The lowest BCUT2D eigenvalue weighted by Crippen LogP contribution is -2.27. The molecule has 0 bridgehead atoms. The number of aryl methyl sites for hydroxylation is 3. The van der Waals surface area contributed by atoms with Crippen LogP contribution in [0.4, 0.5) is 0 Å². The molecule has 23 heavy (non-hydrogen) atoms. The smallest absolute Gasteiger partial charge is 0.257 e. The standard InChI is InChI=1S/C17H21N3O3/c1-4-12-9-15(23-20-12)10(2)18-16(21)13-8-11-6-5-7-14(11)19-17(13)22-3/h8-10H,4-7H2,1-3H3,(H,18,21)/t10-/m1/s1. The van der Waals surface area contributed by atoms with Crippen molar-refractivity contribution in [1.82, 2.24) is 15.5 Å². The van der Waals surface area contributed by atoms with Crippen molar-refractivity contribution in [2.45, 2.75) is 45.6 Å². The molecule has 1 aliphatic rings. The van der Waals surface area contributed by atoms with Gasteiger partial charge >= 0.3 is 0 Å². The van der Waals surface area contributed by atoms with E-state index in [9.17, 15) is 4.79 Å². The maximum Gasteiger partial charge on any atom is 0.257 e. The van der Waals surface area contributed by atoms with E-state index in [0.717, 1.165) is 42.6 Å². The Bertz CT molecular complexity index is 724. The molecule has 3 rings (SSSR count). The van der Waals surface area contributed by atoms with Gasteiger partial charge in [0.2, 0.25) is 5.88 Å². The number of fused-ring (bicyclic) bond motifs is 1. The Morgan fingerprint density at radius 3 is 2.96 bits per heavy atom. The normalized spacial score (nSPS) is 14.4. The molecule has 1 amide bonds. The first-order valence-corrected chi connectivity index (χ1v) is 7.95. The Morgan fingerprint density at radius 1 is 1.43 bits per heavy atom. The van der Waals surface area contributed by atoms with Crippen LogP contribution in [-0.4, -0.2) is 23.2 Å². The van der Waals surface area contributed by atoms with Gasteiger partial charge in [-0.15, -0.1) is 0 Å². The number of hydrogen-bond donors (Lipinski definition) is 1. The van der Waals surface area contributed by atoms with Gasteiger partial charge in [-0.2, -0.15) is 0 Å². The third kappa shape index (κ3) is 3.06. The predicted molar refractivity (Wildman–Crippen MR) is 84.6 cm³/mol. The molecular weight excluding hydrogens is 294 g/mol. The maximum absolute atomic E-state index is 12.6. The molecule has 0 saturated carbocycles. The van der Waals surface area contributed by atoms with Crippen LogP contribution in [0.2, 0.25) is 0 Å². The summed E-state index contributed by atoms with van der Waals surface area (Å²) in [4.78, 5) is 17.1. The molecule has 1 atom stereocenters. The molecule has 0 saturated heterocycles. The fraction of sp³-hybridized carbons (Fsp3) is 0.471. The molecule has 2 aromatic rings. The van der Waals surface area contributed by atoms with Crippen LogP contribution in [-0.2, 0) is 19.3 Å². The summed E-state index contributed by atoms with van der Waals surface area (Å²) in [6, 6.07) is 3.49. The number of rotatable bonds is 5. The summed E-state index contributed by atoms with van der Waals surface area (Å²) in [5.74, 6) is 0.802. The van der Waals surface area contributed by atoms with E-state index < -0.39 is 0 Å². The molecule has 0 aromatic carbocycles. The third-order valence-corrected chi connectivity index (χ3v) is 4.17. The Hall–Kier alpha value is -2.37. The van der Waals surface area contributed by atoms with Crippen LogP contribution in [0.1, 0.15) is 59.4 Å². The number of aromatic nitrogens is 2. The van der Waals surface area contributed by atoms with Gasteiger partial charge in [-0.3, -0.25) is 4.79 Å². The summed E-state index contributed by atoms with van der Waals surface area (Å²) in [6.07, 6.45) is 3.78. The zero-order valence-corrected chi connectivity index (χ0v) is 13.7. The van der Waals surface area contributed by atoms with Crippen LogP contribution in [0.3, 0.4) is 0 Å². The molecule has 0 spiro atoms. The van der Waals surface area contributed by atoms with Crippen molar-refractivity contribution >= 4 is 5.91 Å². The van der Waals surface area contributed by atoms with Crippen molar-refractivity contribution in [2.75, 3.05) is 7.11 Å². The Balaban J connectivity index is 1.80. The average molecular weight is 315 g/mol. The van der Waals surface area contributed by atoms with Gasteiger partial charge in [0, 0.05) is 11.8 Å². The van der Waals surface area contributed by atoms with E-state index >= 15 is 0 Å². The van der Waals surface area contributed by atoms with Gasteiger partial charge in [-0.1, -0.05) is 12.1 Å². The van der Waals surface area contributed by atoms with E-state index in [2.05, 4.69) is 15.5 Å². The number of ether oxygens (including phenoxy) is 1. The van der Waals surface area contributed by atoms with Crippen molar-refractivity contribution in [1.29, 1.82) is 0 Å². The predicted octanol–water partition coefficient (Wildman–Crippen LogP) is 2.62. The SMILES string of the molecule is CCc1cc([C@@H](C)NC(=O)c2cc3c(nc2OC)CCC3)on1. The Kier molecular flexibility index (Phi) is 4.32. The van der Waals surface area contributed by atoms with E-state index in [-0.39, 0.29) is 11.9 Å². The number of nitrogens with one attached hydrogen (secondary N) is 1. The van der Waals surface area contributed by atoms with E-state index in [1.54, 1.807) is 0 Å². The maximum atomic E-state index is 12.6. The van der Waals surface area contributed by atoms with Crippen molar-refractivity contribution in [3.63, 3.8) is 0 Å². The quantitative estimate of drug-likeness (QED) is 0.917. The molecule has 0 unspecified atom stereocenters. The highest BCUT2D eigenvalue weighted by Crippen LogP contribution is 2.27. The highest BCUT2D eigenvalue weighted by molar-refractivity contribution is 5.96. The number of nitrogens with zero attached hydrogens (tertiary/aromatic N) is 2. The number of carbonyl (C=O) groups excluding carboxylic acids is 1. The summed E-state index contributed by atoms with van der Waals surface area (Å²) in [7, 11) is 1.54. The van der Waals surface area contributed by atoms with Crippen LogP contribution >= 0.6 is 0 Å². The number of carbonyl (C=O) groups is 1. The molecular formula is C17H21N3O3. The second-order valence-electron chi connectivity index (χ2n) is 5.77. The summed E-state index contributed by atoms with van der Waals surface area (Å²) < 4.78 is 10.6. The van der Waals surface area contributed by atoms with Gasteiger partial charge in [0.15, 0.2) is 5.76 Å². The van der Waals surface area contributed by atoms with E-state index in [1.165, 1.54) is 7.11 Å². The molecule has 1 N–H and O–H groups in total. The molecule has 2 heterocycles.